The van der Waals surface area contributed by atoms with Crippen molar-refractivity contribution in [1.29, 1.82) is 0 Å². The lowest BCUT2D eigenvalue weighted by molar-refractivity contribution is -0.146. The van der Waals surface area contributed by atoms with Crippen LogP contribution >= 0.6 is 11.6 Å². The van der Waals surface area contributed by atoms with Gasteiger partial charge in [0.2, 0.25) is 10.0 Å². The Morgan fingerprint density at radius 3 is 2.55 bits per heavy atom. The van der Waals surface area contributed by atoms with Gasteiger partial charge in [-0.25, -0.2) is 12.7 Å². The molecule has 1 heterocycles. The zero-order valence-electron chi connectivity index (χ0n) is 15.5. The number of furan rings is 1. The number of nitrogens with one attached hydrogen (secondary N) is 2. The van der Waals surface area contributed by atoms with Crippen molar-refractivity contribution in [3.05, 3.63) is 47.4 Å². The number of carbonyl (C=O) groups is 3. The quantitative estimate of drug-likeness (QED) is 0.583. The van der Waals surface area contributed by atoms with Crippen LogP contribution in [0.15, 0.2) is 45.9 Å². The van der Waals surface area contributed by atoms with Gasteiger partial charge in [-0.3, -0.25) is 14.4 Å². The summed E-state index contributed by atoms with van der Waals surface area (Å²) in [6.45, 7) is -1.09. The molecule has 2 rings (SSSR count). The molecule has 1 aromatic heterocycles. The number of rotatable bonds is 8. The molecular formula is C17H18ClN3O7S. The van der Waals surface area contributed by atoms with Gasteiger partial charge < -0.3 is 19.8 Å². The molecule has 2 aromatic rings. The fraction of sp³-hybridized carbons (Fsp3) is 0.235. The van der Waals surface area contributed by atoms with E-state index in [1.54, 1.807) is 0 Å². The number of halogens is 1. The molecule has 0 unspecified atom stereocenters. The minimum atomic E-state index is -3.81. The summed E-state index contributed by atoms with van der Waals surface area (Å²) in [6, 6.07) is 6.86. The summed E-state index contributed by atoms with van der Waals surface area (Å²) >= 11 is 5.93. The van der Waals surface area contributed by atoms with Crippen molar-refractivity contribution in [2.24, 2.45) is 0 Å². The van der Waals surface area contributed by atoms with E-state index in [1.165, 1.54) is 50.7 Å². The molecule has 0 radical (unpaired) electrons. The molecule has 0 aliphatic rings. The van der Waals surface area contributed by atoms with Crippen molar-refractivity contribution in [2.45, 2.75) is 4.90 Å². The molecule has 12 heteroatoms. The molecule has 2 N–H and O–H groups in total. The van der Waals surface area contributed by atoms with Gasteiger partial charge in [0.05, 0.1) is 11.3 Å². The summed E-state index contributed by atoms with van der Waals surface area (Å²) in [6.07, 6.45) is 1.31. The lowest BCUT2D eigenvalue weighted by atomic mass is 10.3. The molecular weight excluding hydrogens is 426 g/mol. The number of nitrogens with zero attached hydrogens (tertiary/aromatic N) is 1. The zero-order chi connectivity index (χ0) is 21.6. The standard InChI is InChI=1S/C17H18ClN3O7S/c1-21(2)29(25,26)14-8-11(5-6-12(14)18)20-15(22)10-28-16(23)9-19-17(24)13-4-3-7-27-13/h3-8H,9-10H2,1-2H3,(H,19,24)(H,20,22). The number of ether oxygens (including phenoxy) is 1. The highest BCUT2D eigenvalue weighted by Crippen LogP contribution is 2.26. The van der Waals surface area contributed by atoms with Crippen LogP contribution in [0.25, 0.3) is 0 Å². The number of hydrogen-bond donors (Lipinski definition) is 2. The van der Waals surface area contributed by atoms with Crippen molar-refractivity contribution < 1.29 is 32.0 Å². The van der Waals surface area contributed by atoms with E-state index in [1.807, 2.05) is 0 Å². The van der Waals surface area contributed by atoms with Gasteiger partial charge in [0.15, 0.2) is 12.4 Å². The molecule has 1 aromatic carbocycles. The molecule has 0 saturated carbocycles. The molecule has 0 aliphatic carbocycles. The SMILES string of the molecule is CN(C)S(=O)(=O)c1cc(NC(=O)COC(=O)CNC(=O)c2ccco2)ccc1Cl. The van der Waals surface area contributed by atoms with Crippen LogP contribution in [0.4, 0.5) is 5.69 Å². The molecule has 2 amide bonds. The average molecular weight is 444 g/mol. The Balaban J connectivity index is 1.88. The Bertz CT molecular complexity index is 1000. The smallest absolute Gasteiger partial charge is 0.325 e. The molecule has 0 bridgehead atoms. The number of benzene rings is 1. The van der Waals surface area contributed by atoms with Gasteiger partial charge in [-0.05, 0) is 30.3 Å². The van der Waals surface area contributed by atoms with E-state index in [0.29, 0.717) is 0 Å². The second kappa shape index (κ2) is 9.54. The van der Waals surface area contributed by atoms with Gasteiger partial charge in [-0.1, -0.05) is 11.6 Å². The summed E-state index contributed by atoms with van der Waals surface area (Å²) < 4.78 is 35.1. The number of sulfonamides is 1. The number of amides is 2. The first kappa shape index (κ1) is 22.4. The minimum absolute atomic E-state index is 0.00424. The van der Waals surface area contributed by atoms with Gasteiger partial charge in [0.1, 0.15) is 11.4 Å². The van der Waals surface area contributed by atoms with Crippen molar-refractivity contribution in [1.82, 2.24) is 9.62 Å². The predicted molar refractivity (Wildman–Crippen MR) is 103 cm³/mol. The maximum absolute atomic E-state index is 12.2. The van der Waals surface area contributed by atoms with Crippen molar-refractivity contribution in [2.75, 3.05) is 32.6 Å². The number of anilines is 1. The molecule has 0 saturated heterocycles. The molecule has 0 fully saturated rings. The Morgan fingerprint density at radius 1 is 1.21 bits per heavy atom. The molecule has 156 valence electrons. The molecule has 0 atom stereocenters. The Kier molecular flexibility index (Phi) is 7.37. The lowest BCUT2D eigenvalue weighted by Crippen LogP contribution is -2.32. The summed E-state index contributed by atoms with van der Waals surface area (Å²) in [7, 11) is -1.11. The Morgan fingerprint density at radius 2 is 1.93 bits per heavy atom. The Labute approximate surface area is 171 Å². The van der Waals surface area contributed by atoms with Crippen LogP contribution in [0.3, 0.4) is 0 Å². The summed E-state index contributed by atoms with van der Waals surface area (Å²) in [4.78, 5) is 35.0. The van der Waals surface area contributed by atoms with Gasteiger partial charge in [0, 0.05) is 19.8 Å². The highest BCUT2D eigenvalue weighted by Gasteiger charge is 2.21. The summed E-state index contributed by atoms with van der Waals surface area (Å²) in [5, 5.41) is 4.67. The third-order valence-corrected chi connectivity index (χ3v) is 5.77. The summed E-state index contributed by atoms with van der Waals surface area (Å²) in [5.41, 5.74) is 0.155. The molecule has 0 spiro atoms. The normalized spacial score (nSPS) is 11.2. The fourth-order valence-corrected chi connectivity index (χ4v) is 3.41. The van der Waals surface area contributed by atoms with E-state index in [2.05, 4.69) is 10.6 Å². The van der Waals surface area contributed by atoms with Crippen LogP contribution in [-0.4, -0.2) is 57.8 Å². The second-order valence-electron chi connectivity index (χ2n) is 5.80. The van der Waals surface area contributed by atoms with Crippen molar-refractivity contribution in [3.63, 3.8) is 0 Å². The van der Waals surface area contributed by atoms with Gasteiger partial charge in [-0.2, -0.15) is 0 Å². The maximum atomic E-state index is 12.2. The number of esters is 1. The predicted octanol–water partition coefficient (Wildman–Crippen LogP) is 1.10. The van der Waals surface area contributed by atoms with E-state index in [0.717, 1.165) is 4.31 Å². The molecule has 29 heavy (non-hydrogen) atoms. The third-order valence-electron chi connectivity index (χ3n) is 3.48. The van der Waals surface area contributed by atoms with E-state index in [-0.39, 0.29) is 21.4 Å². The highest BCUT2D eigenvalue weighted by atomic mass is 35.5. The van der Waals surface area contributed by atoms with Crippen LogP contribution in [0, 0.1) is 0 Å². The average Bonchev–Trinajstić information content (AvgIpc) is 3.20. The van der Waals surface area contributed by atoms with E-state index in [9.17, 15) is 22.8 Å². The third kappa shape index (κ3) is 6.04. The Hall–Kier alpha value is -2.89. The monoisotopic (exact) mass is 443 g/mol. The van der Waals surface area contributed by atoms with Crippen LogP contribution in [-0.2, 0) is 24.3 Å². The van der Waals surface area contributed by atoms with Gasteiger partial charge in [-0.15, -0.1) is 0 Å². The second-order valence-corrected chi connectivity index (χ2v) is 8.33. The zero-order valence-corrected chi connectivity index (χ0v) is 17.0. The number of carbonyl (C=O) groups excluding carboxylic acids is 3. The maximum Gasteiger partial charge on any atom is 0.325 e. The van der Waals surface area contributed by atoms with Gasteiger partial charge >= 0.3 is 5.97 Å². The summed E-state index contributed by atoms with van der Waals surface area (Å²) in [5.74, 6) is -2.12. The molecule has 10 nitrogen and oxygen atoms in total. The lowest BCUT2D eigenvalue weighted by Gasteiger charge is -2.14. The first-order chi connectivity index (χ1) is 13.6. The first-order valence-corrected chi connectivity index (χ1v) is 9.92. The van der Waals surface area contributed by atoms with Crippen LogP contribution in [0.5, 0.6) is 0 Å². The van der Waals surface area contributed by atoms with Crippen LogP contribution in [0.2, 0.25) is 5.02 Å². The minimum Gasteiger partial charge on any atom is -0.459 e. The van der Waals surface area contributed by atoms with Crippen LogP contribution in [0.1, 0.15) is 10.6 Å². The van der Waals surface area contributed by atoms with E-state index >= 15 is 0 Å². The topological polar surface area (TPSA) is 135 Å². The van der Waals surface area contributed by atoms with Crippen molar-refractivity contribution >= 4 is 45.1 Å². The van der Waals surface area contributed by atoms with Crippen molar-refractivity contribution in [3.8, 4) is 0 Å². The highest BCUT2D eigenvalue weighted by molar-refractivity contribution is 7.89. The van der Waals surface area contributed by atoms with Gasteiger partial charge in [0.25, 0.3) is 11.8 Å². The largest absolute Gasteiger partial charge is 0.459 e. The number of hydrogen-bond acceptors (Lipinski definition) is 7. The first-order valence-electron chi connectivity index (χ1n) is 8.10. The van der Waals surface area contributed by atoms with Crippen LogP contribution < -0.4 is 10.6 Å². The van der Waals surface area contributed by atoms with E-state index in [4.69, 9.17) is 20.8 Å². The van der Waals surface area contributed by atoms with E-state index < -0.39 is 41.0 Å². The fourth-order valence-electron chi connectivity index (χ4n) is 2.02. The molecule has 0 aliphatic heterocycles.